The summed E-state index contributed by atoms with van der Waals surface area (Å²) in [5.74, 6) is -2.49. The number of nitro groups is 1. The molecule has 1 aromatic carbocycles. The minimum Gasteiger partial charge on any atom is -0.478 e. The molecule has 0 unspecified atom stereocenters. The van der Waals surface area contributed by atoms with Crippen LogP contribution >= 0.6 is 0 Å². The molecule has 2 rings (SSSR count). The first-order valence-electron chi connectivity index (χ1n) is 5.67. The number of anilines is 1. The topological polar surface area (TPSA) is 95.7 Å². The zero-order chi connectivity index (χ0) is 14.0. The Morgan fingerprint density at radius 2 is 2.05 bits per heavy atom. The number of carboxylic acid groups (broad SMARTS) is 1. The van der Waals surface area contributed by atoms with Gasteiger partial charge >= 0.3 is 5.97 Å². The van der Waals surface area contributed by atoms with Gasteiger partial charge in [-0.1, -0.05) is 0 Å². The largest absolute Gasteiger partial charge is 0.478 e. The van der Waals surface area contributed by atoms with Gasteiger partial charge in [0.2, 0.25) is 0 Å². The highest BCUT2D eigenvalue weighted by atomic mass is 19.1. The molecule has 102 valence electrons. The van der Waals surface area contributed by atoms with Crippen molar-refractivity contribution in [2.45, 2.75) is 0 Å². The Morgan fingerprint density at radius 1 is 1.42 bits per heavy atom. The third kappa shape index (κ3) is 2.63. The Balaban J connectivity index is 2.49. The molecule has 1 aliphatic rings. The van der Waals surface area contributed by atoms with Gasteiger partial charge in [0.1, 0.15) is 17.1 Å². The van der Waals surface area contributed by atoms with Crippen molar-refractivity contribution in [2.24, 2.45) is 0 Å². The first-order valence-corrected chi connectivity index (χ1v) is 5.67. The van der Waals surface area contributed by atoms with Gasteiger partial charge in [0.15, 0.2) is 0 Å². The lowest BCUT2D eigenvalue weighted by molar-refractivity contribution is -0.384. The van der Waals surface area contributed by atoms with Crippen LogP contribution in [-0.2, 0) is 0 Å². The first-order chi connectivity index (χ1) is 9.00. The number of nitrogens with zero attached hydrogens (tertiary/aromatic N) is 2. The summed E-state index contributed by atoms with van der Waals surface area (Å²) in [6.07, 6.45) is 0. The number of carboxylic acids is 1. The van der Waals surface area contributed by atoms with E-state index < -0.39 is 22.3 Å². The van der Waals surface area contributed by atoms with Crippen LogP contribution in [0.15, 0.2) is 12.1 Å². The maximum Gasteiger partial charge on any atom is 0.338 e. The van der Waals surface area contributed by atoms with E-state index in [1.807, 2.05) is 0 Å². The number of hydrogen-bond donors (Lipinski definition) is 2. The molecule has 0 spiro atoms. The molecular formula is C11H12FN3O4. The van der Waals surface area contributed by atoms with Gasteiger partial charge in [-0.25, -0.2) is 9.18 Å². The monoisotopic (exact) mass is 269 g/mol. The summed E-state index contributed by atoms with van der Waals surface area (Å²) in [6.45, 7) is 2.29. The molecule has 0 saturated carbocycles. The first kappa shape index (κ1) is 13.2. The van der Waals surface area contributed by atoms with Crippen molar-refractivity contribution in [3.63, 3.8) is 0 Å². The molecule has 1 fully saturated rings. The molecule has 1 heterocycles. The SMILES string of the molecule is O=C(O)c1cc([N+](=O)[O-])c(N2CCNCC2)cc1F. The summed E-state index contributed by atoms with van der Waals surface area (Å²) >= 11 is 0. The molecule has 1 aromatic rings. The molecule has 1 aliphatic heterocycles. The van der Waals surface area contributed by atoms with Crippen molar-refractivity contribution in [3.05, 3.63) is 33.6 Å². The number of benzene rings is 1. The molecule has 0 aromatic heterocycles. The predicted molar refractivity (Wildman–Crippen MR) is 65.1 cm³/mol. The molecule has 0 amide bonds. The second-order valence-electron chi connectivity index (χ2n) is 4.12. The molecule has 0 aliphatic carbocycles. The highest BCUT2D eigenvalue weighted by molar-refractivity contribution is 5.90. The number of piperazine rings is 1. The summed E-state index contributed by atoms with van der Waals surface area (Å²) in [7, 11) is 0. The highest BCUT2D eigenvalue weighted by Gasteiger charge is 2.25. The van der Waals surface area contributed by atoms with E-state index in [-0.39, 0.29) is 11.4 Å². The summed E-state index contributed by atoms with van der Waals surface area (Å²) in [4.78, 5) is 22.8. The zero-order valence-corrected chi connectivity index (χ0v) is 9.93. The molecule has 1 saturated heterocycles. The molecule has 0 bridgehead atoms. The van der Waals surface area contributed by atoms with Gasteiger partial charge in [-0.15, -0.1) is 0 Å². The Bertz CT molecular complexity index is 529. The molecule has 2 N–H and O–H groups in total. The second kappa shape index (κ2) is 5.19. The van der Waals surface area contributed by atoms with Crippen molar-refractivity contribution in [1.82, 2.24) is 5.32 Å². The zero-order valence-electron chi connectivity index (χ0n) is 9.93. The van der Waals surface area contributed by atoms with E-state index in [2.05, 4.69) is 5.32 Å². The number of nitro benzene ring substituents is 1. The lowest BCUT2D eigenvalue weighted by Crippen LogP contribution is -2.43. The average molecular weight is 269 g/mol. The van der Waals surface area contributed by atoms with Crippen LogP contribution in [0.1, 0.15) is 10.4 Å². The average Bonchev–Trinajstić information content (AvgIpc) is 2.38. The fourth-order valence-corrected chi connectivity index (χ4v) is 2.02. The van der Waals surface area contributed by atoms with Gasteiger partial charge in [-0.3, -0.25) is 10.1 Å². The molecule has 0 atom stereocenters. The van der Waals surface area contributed by atoms with Crippen molar-refractivity contribution in [2.75, 3.05) is 31.1 Å². The molecule has 0 radical (unpaired) electrons. The minimum atomic E-state index is -1.52. The van der Waals surface area contributed by atoms with E-state index in [0.717, 1.165) is 12.1 Å². The molecule has 19 heavy (non-hydrogen) atoms. The van der Waals surface area contributed by atoms with Crippen LogP contribution in [0.3, 0.4) is 0 Å². The fourth-order valence-electron chi connectivity index (χ4n) is 2.02. The summed E-state index contributed by atoms with van der Waals surface area (Å²) in [6, 6.07) is 1.70. The van der Waals surface area contributed by atoms with Gasteiger partial charge in [-0.05, 0) is 0 Å². The summed E-state index contributed by atoms with van der Waals surface area (Å²) in [5, 5.41) is 22.9. The van der Waals surface area contributed by atoms with Crippen LogP contribution in [0.4, 0.5) is 15.8 Å². The summed E-state index contributed by atoms with van der Waals surface area (Å²) in [5.41, 5.74) is -0.958. The van der Waals surface area contributed by atoms with Crippen LogP contribution in [0.5, 0.6) is 0 Å². The van der Waals surface area contributed by atoms with Gasteiger partial charge in [0.25, 0.3) is 5.69 Å². The highest BCUT2D eigenvalue weighted by Crippen LogP contribution is 2.31. The molecule has 7 nitrogen and oxygen atoms in total. The van der Waals surface area contributed by atoms with Crippen LogP contribution in [0.2, 0.25) is 0 Å². The third-order valence-corrected chi connectivity index (χ3v) is 2.95. The summed E-state index contributed by atoms with van der Waals surface area (Å²) < 4.78 is 13.7. The third-order valence-electron chi connectivity index (χ3n) is 2.95. The molecular weight excluding hydrogens is 257 g/mol. The van der Waals surface area contributed by atoms with Gasteiger partial charge in [0.05, 0.1) is 4.92 Å². The van der Waals surface area contributed by atoms with Gasteiger partial charge < -0.3 is 15.3 Å². The minimum absolute atomic E-state index is 0.119. The quantitative estimate of drug-likeness (QED) is 0.623. The molecule has 8 heteroatoms. The maximum atomic E-state index is 13.7. The van der Waals surface area contributed by atoms with Crippen molar-refractivity contribution in [3.8, 4) is 0 Å². The number of carbonyl (C=O) groups is 1. The number of halogens is 1. The predicted octanol–water partition coefficient (Wildman–Crippen LogP) is 0.842. The van der Waals surface area contributed by atoms with Crippen molar-refractivity contribution < 1.29 is 19.2 Å². The van der Waals surface area contributed by atoms with E-state index >= 15 is 0 Å². The number of aromatic carboxylic acids is 1. The number of hydrogen-bond acceptors (Lipinski definition) is 5. The lowest BCUT2D eigenvalue weighted by atomic mass is 10.1. The van der Waals surface area contributed by atoms with Crippen LogP contribution in [0, 0.1) is 15.9 Å². The van der Waals surface area contributed by atoms with Crippen LogP contribution < -0.4 is 10.2 Å². The second-order valence-corrected chi connectivity index (χ2v) is 4.12. The maximum absolute atomic E-state index is 13.7. The Kier molecular flexibility index (Phi) is 3.61. The fraction of sp³-hybridized carbons (Fsp3) is 0.364. The lowest BCUT2D eigenvalue weighted by Gasteiger charge is -2.29. The van der Waals surface area contributed by atoms with Gasteiger partial charge in [0, 0.05) is 38.3 Å². The number of nitrogens with one attached hydrogen (secondary N) is 1. The van der Waals surface area contributed by atoms with Crippen molar-refractivity contribution >= 4 is 17.3 Å². The number of rotatable bonds is 3. The Morgan fingerprint density at radius 3 is 2.58 bits per heavy atom. The van der Waals surface area contributed by atoms with E-state index in [1.54, 1.807) is 4.90 Å². The van der Waals surface area contributed by atoms with Crippen molar-refractivity contribution in [1.29, 1.82) is 0 Å². The Labute approximate surface area is 107 Å². The van der Waals surface area contributed by atoms with Gasteiger partial charge in [-0.2, -0.15) is 0 Å². The van der Waals surface area contributed by atoms with Crippen LogP contribution in [0.25, 0.3) is 0 Å². The van der Waals surface area contributed by atoms with E-state index in [4.69, 9.17) is 5.11 Å². The van der Waals surface area contributed by atoms with E-state index in [9.17, 15) is 19.3 Å². The van der Waals surface area contributed by atoms with Crippen LogP contribution in [-0.4, -0.2) is 42.2 Å². The van der Waals surface area contributed by atoms with E-state index in [1.165, 1.54) is 0 Å². The smallest absolute Gasteiger partial charge is 0.338 e. The van der Waals surface area contributed by atoms with E-state index in [0.29, 0.717) is 26.2 Å². The normalized spacial score (nSPS) is 15.3. The Hall–Kier alpha value is -2.22. The standard InChI is InChI=1S/C11H12FN3O4/c12-8-6-9(14-3-1-13-2-4-14)10(15(18)19)5-7(8)11(16)17/h5-6,13H,1-4H2,(H,16,17).